The van der Waals surface area contributed by atoms with Crippen molar-refractivity contribution >= 4 is 27.5 Å². The van der Waals surface area contributed by atoms with Gasteiger partial charge in [0, 0.05) is 17.8 Å². The smallest absolute Gasteiger partial charge is 0.240 e. The second kappa shape index (κ2) is 5.48. The molecular formula is C16H15BrN2O2. The van der Waals surface area contributed by atoms with E-state index in [1.807, 2.05) is 43.3 Å². The van der Waals surface area contributed by atoms with E-state index in [9.17, 15) is 4.79 Å². The molecule has 0 aliphatic carbocycles. The van der Waals surface area contributed by atoms with E-state index in [2.05, 4.69) is 21.0 Å². The Morgan fingerprint density at radius 1 is 1.29 bits per heavy atom. The van der Waals surface area contributed by atoms with Crippen LogP contribution in [0.2, 0.25) is 0 Å². The summed E-state index contributed by atoms with van der Waals surface area (Å²) in [5.41, 5.74) is 1.88. The number of furan rings is 1. The molecular weight excluding hydrogens is 332 g/mol. The maximum absolute atomic E-state index is 11.9. The standard InChI is InChI=1S/C16H15BrN2O2/c1-10-3-8-16(21-10)14-9-15(19(18-14)11(2)20)12-4-6-13(17)7-5-12/h3-8,15H,9H2,1-2H3/t15-/m0/s1. The predicted molar refractivity (Wildman–Crippen MR) is 84.0 cm³/mol. The zero-order valence-electron chi connectivity index (χ0n) is 11.8. The van der Waals surface area contributed by atoms with E-state index >= 15 is 0 Å². The highest BCUT2D eigenvalue weighted by Gasteiger charge is 2.32. The number of hydrogen-bond acceptors (Lipinski definition) is 3. The fourth-order valence-electron chi connectivity index (χ4n) is 2.48. The van der Waals surface area contributed by atoms with Gasteiger partial charge in [0.15, 0.2) is 0 Å². The molecule has 0 fully saturated rings. The summed E-state index contributed by atoms with van der Waals surface area (Å²) in [6.07, 6.45) is 0.661. The minimum atomic E-state index is -0.0731. The summed E-state index contributed by atoms with van der Waals surface area (Å²) in [6.45, 7) is 3.43. The van der Waals surface area contributed by atoms with Gasteiger partial charge in [-0.2, -0.15) is 5.10 Å². The minimum absolute atomic E-state index is 0.0683. The van der Waals surface area contributed by atoms with E-state index in [1.165, 1.54) is 11.9 Å². The topological polar surface area (TPSA) is 45.8 Å². The molecule has 1 aliphatic rings. The molecule has 21 heavy (non-hydrogen) atoms. The van der Waals surface area contributed by atoms with Gasteiger partial charge in [0.05, 0.1) is 6.04 Å². The molecule has 0 saturated heterocycles. The van der Waals surface area contributed by atoms with Crippen molar-refractivity contribution in [2.75, 3.05) is 0 Å². The first-order chi connectivity index (χ1) is 10.0. The van der Waals surface area contributed by atoms with E-state index in [0.29, 0.717) is 6.42 Å². The molecule has 5 heteroatoms. The molecule has 0 radical (unpaired) electrons. The second-order valence-corrected chi connectivity index (χ2v) is 6.01. The zero-order chi connectivity index (χ0) is 15.0. The third-order valence-corrected chi connectivity index (χ3v) is 4.04. The highest BCUT2D eigenvalue weighted by atomic mass is 79.9. The van der Waals surface area contributed by atoms with Crippen molar-refractivity contribution < 1.29 is 9.21 Å². The highest BCUT2D eigenvalue weighted by Crippen LogP contribution is 2.33. The Hall–Kier alpha value is -1.88. The van der Waals surface area contributed by atoms with Gasteiger partial charge in [-0.25, -0.2) is 5.01 Å². The van der Waals surface area contributed by atoms with Gasteiger partial charge < -0.3 is 4.42 Å². The number of hydrazone groups is 1. The normalized spacial score (nSPS) is 18.0. The van der Waals surface area contributed by atoms with Crippen molar-refractivity contribution in [3.63, 3.8) is 0 Å². The third-order valence-electron chi connectivity index (χ3n) is 3.51. The minimum Gasteiger partial charge on any atom is -0.460 e. The number of benzene rings is 1. The first-order valence-corrected chi connectivity index (χ1v) is 7.53. The van der Waals surface area contributed by atoms with Crippen LogP contribution in [-0.4, -0.2) is 16.6 Å². The molecule has 1 atom stereocenters. The van der Waals surface area contributed by atoms with Gasteiger partial charge in [-0.1, -0.05) is 28.1 Å². The zero-order valence-corrected chi connectivity index (χ0v) is 13.4. The lowest BCUT2D eigenvalue weighted by Crippen LogP contribution is -2.24. The quantitative estimate of drug-likeness (QED) is 0.823. The Morgan fingerprint density at radius 3 is 2.57 bits per heavy atom. The first-order valence-electron chi connectivity index (χ1n) is 6.74. The molecule has 0 bridgehead atoms. The molecule has 1 aromatic heterocycles. The van der Waals surface area contributed by atoms with Crippen LogP contribution in [0.5, 0.6) is 0 Å². The fraction of sp³-hybridized carbons (Fsp3) is 0.250. The van der Waals surface area contributed by atoms with Crippen molar-refractivity contribution in [3.05, 3.63) is 58.0 Å². The number of aryl methyl sites for hydroxylation is 1. The molecule has 2 aromatic rings. The number of carbonyl (C=O) groups excluding carboxylic acids is 1. The molecule has 3 rings (SSSR count). The largest absolute Gasteiger partial charge is 0.460 e. The molecule has 0 N–H and O–H groups in total. The molecule has 0 spiro atoms. The molecule has 4 nitrogen and oxygen atoms in total. The van der Waals surface area contributed by atoms with E-state index in [0.717, 1.165) is 27.3 Å². The monoisotopic (exact) mass is 346 g/mol. The average molecular weight is 347 g/mol. The van der Waals surface area contributed by atoms with Crippen molar-refractivity contribution in [1.29, 1.82) is 0 Å². The Kier molecular flexibility index (Phi) is 3.68. The lowest BCUT2D eigenvalue weighted by atomic mass is 10.0. The first kappa shape index (κ1) is 14.1. The molecule has 1 aliphatic heterocycles. The van der Waals surface area contributed by atoms with Crippen LogP contribution >= 0.6 is 15.9 Å². The predicted octanol–water partition coefficient (Wildman–Crippen LogP) is 4.05. The van der Waals surface area contributed by atoms with Crippen LogP contribution in [0.4, 0.5) is 0 Å². The Labute approximate surface area is 131 Å². The van der Waals surface area contributed by atoms with E-state index in [1.54, 1.807) is 0 Å². The summed E-state index contributed by atoms with van der Waals surface area (Å²) < 4.78 is 6.64. The third kappa shape index (κ3) is 2.78. The van der Waals surface area contributed by atoms with Crippen molar-refractivity contribution in [1.82, 2.24) is 5.01 Å². The number of hydrogen-bond donors (Lipinski definition) is 0. The Balaban J connectivity index is 1.93. The molecule has 1 aromatic carbocycles. The van der Waals surface area contributed by atoms with Crippen LogP contribution in [-0.2, 0) is 4.79 Å². The number of halogens is 1. The summed E-state index contributed by atoms with van der Waals surface area (Å²) in [5, 5.41) is 5.98. The maximum Gasteiger partial charge on any atom is 0.240 e. The van der Waals surface area contributed by atoms with Crippen LogP contribution in [0, 0.1) is 6.92 Å². The van der Waals surface area contributed by atoms with Gasteiger partial charge in [0.1, 0.15) is 17.2 Å². The van der Waals surface area contributed by atoms with E-state index in [-0.39, 0.29) is 11.9 Å². The van der Waals surface area contributed by atoms with Gasteiger partial charge in [-0.05, 0) is 36.8 Å². The number of carbonyl (C=O) groups is 1. The molecule has 1 amide bonds. The fourth-order valence-corrected chi connectivity index (χ4v) is 2.75. The number of amides is 1. The van der Waals surface area contributed by atoms with Crippen LogP contribution in [0.15, 0.2) is 50.4 Å². The number of rotatable bonds is 2. The summed E-state index contributed by atoms with van der Waals surface area (Å²) in [6, 6.07) is 11.7. The van der Waals surface area contributed by atoms with Gasteiger partial charge >= 0.3 is 0 Å². The number of nitrogens with zero attached hydrogens (tertiary/aromatic N) is 2. The SMILES string of the molecule is CC(=O)N1N=C(c2ccc(C)o2)C[C@H]1c1ccc(Br)cc1. The van der Waals surface area contributed by atoms with Crippen molar-refractivity contribution in [2.24, 2.45) is 5.10 Å². The van der Waals surface area contributed by atoms with Gasteiger partial charge in [-0.15, -0.1) is 0 Å². The van der Waals surface area contributed by atoms with E-state index < -0.39 is 0 Å². The summed E-state index contributed by atoms with van der Waals surface area (Å²) in [5.74, 6) is 1.51. The van der Waals surface area contributed by atoms with Crippen molar-refractivity contribution in [3.8, 4) is 0 Å². The van der Waals surface area contributed by atoms with Crippen LogP contribution in [0.25, 0.3) is 0 Å². The summed E-state index contributed by atoms with van der Waals surface area (Å²) in [7, 11) is 0. The highest BCUT2D eigenvalue weighted by molar-refractivity contribution is 9.10. The molecule has 108 valence electrons. The van der Waals surface area contributed by atoms with Crippen molar-refractivity contribution in [2.45, 2.75) is 26.3 Å². The average Bonchev–Trinajstić information content (AvgIpc) is 3.05. The Morgan fingerprint density at radius 2 is 2.00 bits per heavy atom. The van der Waals surface area contributed by atoms with Crippen LogP contribution < -0.4 is 0 Å². The second-order valence-electron chi connectivity index (χ2n) is 5.09. The molecule has 0 unspecified atom stereocenters. The lowest BCUT2D eigenvalue weighted by Gasteiger charge is -2.20. The van der Waals surface area contributed by atoms with Gasteiger partial charge in [0.25, 0.3) is 0 Å². The summed E-state index contributed by atoms with van der Waals surface area (Å²) >= 11 is 3.43. The summed E-state index contributed by atoms with van der Waals surface area (Å²) in [4.78, 5) is 11.9. The van der Waals surface area contributed by atoms with Crippen LogP contribution in [0.3, 0.4) is 0 Å². The van der Waals surface area contributed by atoms with Gasteiger partial charge in [-0.3, -0.25) is 4.79 Å². The molecule has 2 heterocycles. The molecule has 0 saturated carbocycles. The van der Waals surface area contributed by atoms with Crippen LogP contribution in [0.1, 0.15) is 36.5 Å². The Bertz CT molecular complexity index is 703. The lowest BCUT2D eigenvalue weighted by molar-refractivity contribution is -0.130. The maximum atomic E-state index is 11.9. The van der Waals surface area contributed by atoms with E-state index in [4.69, 9.17) is 4.42 Å². The van der Waals surface area contributed by atoms with Gasteiger partial charge in [0.2, 0.25) is 5.91 Å².